The molecule has 2 amide bonds. The van der Waals surface area contributed by atoms with Gasteiger partial charge in [-0.05, 0) is 24.6 Å². The number of hydrogen-bond donors (Lipinski definition) is 3. The second-order valence-corrected chi connectivity index (χ2v) is 4.07. The topological polar surface area (TPSA) is 100 Å². The van der Waals surface area contributed by atoms with Crippen LogP contribution in [0.5, 0.6) is 5.75 Å². The Kier molecular flexibility index (Phi) is 6.02. The summed E-state index contributed by atoms with van der Waals surface area (Å²) in [5, 5.41) is 14.6. The van der Waals surface area contributed by atoms with Crippen LogP contribution >= 0.6 is 0 Å². The lowest BCUT2D eigenvalue weighted by Gasteiger charge is -2.06. The van der Waals surface area contributed by atoms with Gasteiger partial charge in [0.25, 0.3) is 0 Å². The largest absolute Gasteiger partial charge is 0.497 e. The minimum absolute atomic E-state index is 0.0381. The number of carboxylic acid groups (broad SMARTS) is 1. The summed E-state index contributed by atoms with van der Waals surface area (Å²) in [5.41, 5.74) is 3.18. The van der Waals surface area contributed by atoms with Gasteiger partial charge in [-0.15, -0.1) is 0 Å². The van der Waals surface area contributed by atoms with Gasteiger partial charge in [0, 0.05) is 12.3 Å². The average molecular weight is 279 g/mol. The fourth-order valence-corrected chi connectivity index (χ4v) is 1.42. The van der Waals surface area contributed by atoms with Gasteiger partial charge >= 0.3 is 6.09 Å². The number of rotatable bonds is 6. The molecule has 108 valence electrons. The van der Waals surface area contributed by atoms with Crippen molar-refractivity contribution < 1.29 is 19.4 Å². The summed E-state index contributed by atoms with van der Waals surface area (Å²) in [6.07, 6.45) is -1.22. The van der Waals surface area contributed by atoms with Crippen molar-refractivity contribution in [2.75, 3.05) is 7.11 Å². The first kappa shape index (κ1) is 15.5. The van der Waals surface area contributed by atoms with Gasteiger partial charge in [-0.3, -0.25) is 4.79 Å². The van der Waals surface area contributed by atoms with Crippen LogP contribution in [0.2, 0.25) is 0 Å². The van der Waals surface area contributed by atoms with Crippen LogP contribution < -0.4 is 15.5 Å². The number of amides is 2. The third-order valence-electron chi connectivity index (χ3n) is 2.41. The van der Waals surface area contributed by atoms with Crippen molar-refractivity contribution >= 4 is 17.7 Å². The summed E-state index contributed by atoms with van der Waals surface area (Å²) < 4.78 is 5.04. The molecule has 1 aromatic carbocycles. The highest BCUT2D eigenvalue weighted by Gasteiger charge is 2.04. The smallest absolute Gasteiger partial charge is 0.425 e. The molecule has 0 bridgehead atoms. The van der Waals surface area contributed by atoms with E-state index in [-0.39, 0.29) is 12.3 Å². The van der Waals surface area contributed by atoms with Crippen molar-refractivity contribution in [2.24, 2.45) is 5.10 Å². The molecule has 0 saturated heterocycles. The standard InChI is InChI=1S/C13H17N3O4/c1-9(15-16-13(18)19)7-12(17)14-8-10-3-5-11(20-2)6-4-10/h3-6,16H,7-8H2,1-2H3,(H,14,17)(H,18,19)/b15-9+. The molecule has 0 aromatic heterocycles. The molecule has 1 aromatic rings. The Morgan fingerprint density at radius 1 is 1.30 bits per heavy atom. The second-order valence-electron chi connectivity index (χ2n) is 4.07. The number of carbonyl (C=O) groups is 2. The maximum atomic E-state index is 11.6. The summed E-state index contributed by atoms with van der Waals surface area (Å²) in [4.78, 5) is 21.8. The van der Waals surface area contributed by atoms with Gasteiger partial charge in [0.05, 0.1) is 13.5 Å². The van der Waals surface area contributed by atoms with Crippen LogP contribution in [0.25, 0.3) is 0 Å². The number of nitrogens with zero attached hydrogens (tertiary/aromatic N) is 1. The van der Waals surface area contributed by atoms with Gasteiger partial charge in [-0.1, -0.05) is 12.1 Å². The van der Waals surface area contributed by atoms with Gasteiger partial charge < -0.3 is 15.2 Å². The monoisotopic (exact) mass is 279 g/mol. The van der Waals surface area contributed by atoms with Crippen LogP contribution in [0.3, 0.4) is 0 Å². The molecule has 7 heteroatoms. The Balaban J connectivity index is 2.38. The number of hydrazone groups is 1. The van der Waals surface area contributed by atoms with Crippen LogP contribution in [-0.2, 0) is 11.3 Å². The van der Waals surface area contributed by atoms with Crippen molar-refractivity contribution in [1.82, 2.24) is 10.7 Å². The Hall–Kier alpha value is -2.57. The third kappa shape index (κ3) is 5.85. The zero-order valence-electron chi connectivity index (χ0n) is 11.3. The van der Waals surface area contributed by atoms with E-state index in [2.05, 4.69) is 10.4 Å². The maximum absolute atomic E-state index is 11.6. The van der Waals surface area contributed by atoms with Crippen LogP contribution in [-0.4, -0.2) is 29.9 Å². The Labute approximate surface area is 116 Å². The second kappa shape index (κ2) is 7.78. The third-order valence-corrected chi connectivity index (χ3v) is 2.41. The van der Waals surface area contributed by atoms with Gasteiger partial charge in [0.15, 0.2) is 0 Å². The Morgan fingerprint density at radius 2 is 1.95 bits per heavy atom. The molecule has 0 heterocycles. The first-order chi connectivity index (χ1) is 9.51. The van der Waals surface area contributed by atoms with Gasteiger partial charge in [-0.25, -0.2) is 10.2 Å². The van der Waals surface area contributed by atoms with Crippen LogP contribution in [0.4, 0.5) is 4.79 Å². The molecule has 0 aliphatic rings. The molecule has 0 radical (unpaired) electrons. The van der Waals surface area contributed by atoms with E-state index < -0.39 is 6.09 Å². The summed E-state index contributed by atoms with van der Waals surface area (Å²) in [6, 6.07) is 7.33. The molecule has 0 fully saturated rings. The van der Waals surface area contributed by atoms with E-state index in [1.165, 1.54) is 0 Å². The van der Waals surface area contributed by atoms with E-state index >= 15 is 0 Å². The highest BCUT2D eigenvalue weighted by molar-refractivity contribution is 5.99. The molecule has 0 unspecified atom stereocenters. The molecular weight excluding hydrogens is 262 g/mol. The zero-order chi connectivity index (χ0) is 15.0. The SMILES string of the molecule is COc1ccc(CNC(=O)C/C(C)=N/NC(=O)O)cc1. The van der Waals surface area contributed by atoms with Crippen molar-refractivity contribution in [3.63, 3.8) is 0 Å². The molecule has 0 aliphatic heterocycles. The lowest BCUT2D eigenvalue weighted by molar-refractivity contribution is -0.120. The quantitative estimate of drug-likeness (QED) is 0.540. The zero-order valence-corrected chi connectivity index (χ0v) is 11.3. The fourth-order valence-electron chi connectivity index (χ4n) is 1.42. The summed E-state index contributed by atoms with van der Waals surface area (Å²) >= 11 is 0. The lowest BCUT2D eigenvalue weighted by atomic mass is 10.2. The number of methoxy groups -OCH3 is 1. The van der Waals surface area contributed by atoms with Crippen LogP contribution in [0.1, 0.15) is 18.9 Å². The normalized spacial score (nSPS) is 10.8. The predicted octanol–water partition coefficient (Wildman–Crippen LogP) is 1.34. The first-order valence-corrected chi connectivity index (χ1v) is 5.93. The molecule has 0 atom stereocenters. The van der Waals surface area contributed by atoms with E-state index in [1.807, 2.05) is 29.7 Å². The molecule has 0 aliphatic carbocycles. The number of carbonyl (C=O) groups excluding carboxylic acids is 1. The molecule has 1 rings (SSSR count). The van der Waals surface area contributed by atoms with Gasteiger partial charge in [-0.2, -0.15) is 5.10 Å². The molecule has 0 saturated carbocycles. The number of benzene rings is 1. The average Bonchev–Trinajstić information content (AvgIpc) is 2.43. The number of nitrogens with one attached hydrogen (secondary N) is 2. The molecule has 0 spiro atoms. The molecule has 20 heavy (non-hydrogen) atoms. The van der Waals surface area contributed by atoms with Crippen LogP contribution in [0.15, 0.2) is 29.4 Å². The van der Waals surface area contributed by atoms with E-state index in [0.29, 0.717) is 12.3 Å². The minimum atomic E-state index is -1.26. The molecule has 7 nitrogen and oxygen atoms in total. The van der Waals surface area contributed by atoms with E-state index in [9.17, 15) is 9.59 Å². The van der Waals surface area contributed by atoms with Crippen LogP contribution in [0, 0.1) is 0 Å². The minimum Gasteiger partial charge on any atom is -0.497 e. The fraction of sp³-hybridized carbons (Fsp3) is 0.308. The summed E-state index contributed by atoms with van der Waals surface area (Å²) in [5.74, 6) is 0.525. The van der Waals surface area contributed by atoms with E-state index in [0.717, 1.165) is 11.3 Å². The Morgan fingerprint density at radius 3 is 2.50 bits per heavy atom. The summed E-state index contributed by atoms with van der Waals surface area (Å²) in [6.45, 7) is 1.96. The highest BCUT2D eigenvalue weighted by Crippen LogP contribution is 2.10. The van der Waals surface area contributed by atoms with Gasteiger partial charge in [0.2, 0.25) is 5.91 Å². The maximum Gasteiger partial charge on any atom is 0.425 e. The Bertz CT molecular complexity index is 497. The van der Waals surface area contributed by atoms with Crippen molar-refractivity contribution in [1.29, 1.82) is 0 Å². The first-order valence-electron chi connectivity index (χ1n) is 5.93. The van der Waals surface area contributed by atoms with E-state index in [1.54, 1.807) is 14.0 Å². The van der Waals surface area contributed by atoms with Crippen molar-refractivity contribution in [3.8, 4) is 5.75 Å². The number of hydrogen-bond acceptors (Lipinski definition) is 4. The molecular formula is C13H17N3O4. The highest BCUT2D eigenvalue weighted by atomic mass is 16.5. The van der Waals surface area contributed by atoms with Crippen molar-refractivity contribution in [2.45, 2.75) is 19.9 Å². The summed E-state index contributed by atoms with van der Waals surface area (Å²) in [7, 11) is 1.59. The van der Waals surface area contributed by atoms with Gasteiger partial charge in [0.1, 0.15) is 5.75 Å². The predicted molar refractivity (Wildman–Crippen MR) is 73.7 cm³/mol. The number of ether oxygens (including phenoxy) is 1. The van der Waals surface area contributed by atoms with E-state index in [4.69, 9.17) is 9.84 Å². The lowest BCUT2D eigenvalue weighted by Crippen LogP contribution is -2.25. The molecule has 3 N–H and O–H groups in total. The van der Waals surface area contributed by atoms with Crippen molar-refractivity contribution in [3.05, 3.63) is 29.8 Å².